The lowest BCUT2D eigenvalue weighted by Gasteiger charge is -2.39. The Morgan fingerprint density at radius 3 is 2.70 bits per heavy atom. The summed E-state index contributed by atoms with van der Waals surface area (Å²) in [5.74, 6) is -0.384. The molecule has 1 aromatic carbocycles. The van der Waals surface area contributed by atoms with Gasteiger partial charge in [-0.3, -0.25) is 14.4 Å². The van der Waals surface area contributed by atoms with E-state index in [2.05, 4.69) is 4.98 Å². The van der Waals surface area contributed by atoms with Crippen LogP contribution in [0.25, 0.3) is 0 Å². The van der Waals surface area contributed by atoms with Gasteiger partial charge in [-0.05, 0) is 12.0 Å². The number of aromatic nitrogens is 1. The highest BCUT2D eigenvalue weighted by atomic mass is 16.3. The summed E-state index contributed by atoms with van der Waals surface area (Å²) in [7, 11) is 0. The number of rotatable bonds is 3. The molecule has 0 aliphatic carbocycles. The van der Waals surface area contributed by atoms with Crippen molar-refractivity contribution in [3.05, 3.63) is 54.2 Å². The zero-order chi connectivity index (χ0) is 18.8. The number of hydrogen-bond donors (Lipinski definition) is 0. The molecule has 0 radical (unpaired) electrons. The van der Waals surface area contributed by atoms with E-state index in [4.69, 9.17) is 4.42 Å². The van der Waals surface area contributed by atoms with Gasteiger partial charge in [-0.15, -0.1) is 0 Å². The molecule has 0 N–H and O–H groups in total. The number of oxazole rings is 1. The highest BCUT2D eigenvalue weighted by Gasteiger charge is 2.41. The van der Waals surface area contributed by atoms with Gasteiger partial charge in [0.15, 0.2) is 12.1 Å². The van der Waals surface area contributed by atoms with E-state index in [9.17, 15) is 14.4 Å². The summed E-state index contributed by atoms with van der Waals surface area (Å²) >= 11 is 0. The summed E-state index contributed by atoms with van der Waals surface area (Å²) in [6, 6.07) is 9.10. The largest absolute Gasteiger partial charge is 0.451 e. The maximum Gasteiger partial charge on any atom is 0.275 e. The third kappa shape index (κ3) is 3.42. The number of fused-ring (bicyclic) bond motifs is 1. The normalized spacial score (nSPS) is 20.4. The van der Waals surface area contributed by atoms with Crippen LogP contribution in [0.1, 0.15) is 22.5 Å². The third-order valence-electron chi connectivity index (χ3n) is 5.06. The summed E-state index contributed by atoms with van der Waals surface area (Å²) in [5, 5.41) is 0. The van der Waals surface area contributed by atoms with Crippen molar-refractivity contribution in [3.63, 3.8) is 0 Å². The standard InChI is InChI=1S/C19H20N4O4/c24-17-11-22(10-14-4-2-1-3-5-14)19(26)16-6-7-21(8-9-23(16)17)18(25)15-12-27-13-20-15/h1-5,12-13,16H,6-11H2. The second kappa shape index (κ2) is 7.22. The molecule has 2 saturated heterocycles. The lowest BCUT2D eigenvalue weighted by atomic mass is 10.1. The predicted molar refractivity (Wildman–Crippen MR) is 94.4 cm³/mol. The zero-order valence-electron chi connectivity index (χ0n) is 14.8. The minimum atomic E-state index is -0.523. The van der Waals surface area contributed by atoms with Crippen molar-refractivity contribution < 1.29 is 18.8 Å². The van der Waals surface area contributed by atoms with Crippen LogP contribution in [0.15, 0.2) is 47.4 Å². The number of amides is 3. The fraction of sp³-hybridized carbons (Fsp3) is 0.368. The van der Waals surface area contributed by atoms with Crippen molar-refractivity contribution in [2.45, 2.75) is 19.0 Å². The van der Waals surface area contributed by atoms with Crippen molar-refractivity contribution in [1.29, 1.82) is 0 Å². The average Bonchev–Trinajstić information content (AvgIpc) is 3.12. The van der Waals surface area contributed by atoms with Gasteiger partial charge in [0, 0.05) is 26.2 Å². The Morgan fingerprint density at radius 2 is 1.96 bits per heavy atom. The number of carbonyl (C=O) groups excluding carboxylic acids is 3. The van der Waals surface area contributed by atoms with Crippen LogP contribution < -0.4 is 0 Å². The van der Waals surface area contributed by atoms with E-state index < -0.39 is 6.04 Å². The van der Waals surface area contributed by atoms with Gasteiger partial charge in [0.1, 0.15) is 18.8 Å². The van der Waals surface area contributed by atoms with E-state index in [1.165, 1.54) is 12.7 Å². The molecule has 140 valence electrons. The van der Waals surface area contributed by atoms with Crippen molar-refractivity contribution in [2.75, 3.05) is 26.2 Å². The van der Waals surface area contributed by atoms with Crippen molar-refractivity contribution in [1.82, 2.24) is 19.7 Å². The molecule has 3 heterocycles. The van der Waals surface area contributed by atoms with E-state index in [0.29, 0.717) is 32.6 Å². The first-order chi connectivity index (χ1) is 13.1. The molecule has 4 rings (SSSR count). The van der Waals surface area contributed by atoms with Crippen LogP contribution in [-0.2, 0) is 16.1 Å². The Hall–Kier alpha value is -3.16. The average molecular weight is 368 g/mol. The minimum absolute atomic E-state index is 0.0609. The van der Waals surface area contributed by atoms with Crippen molar-refractivity contribution in [3.8, 4) is 0 Å². The van der Waals surface area contributed by atoms with Gasteiger partial charge in [-0.2, -0.15) is 0 Å². The summed E-state index contributed by atoms with van der Waals surface area (Å²) in [6.07, 6.45) is 2.93. The fourth-order valence-electron chi connectivity index (χ4n) is 3.65. The molecule has 8 nitrogen and oxygen atoms in total. The molecule has 0 spiro atoms. The lowest BCUT2D eigenvalue weighted by molar-refractivity contribution is -0.156. The molecule has 2 aliphatic rings. The molecule has 1 unspecified atom stereocenters. The molecular weight excluding hydrogens is 348 g/mol. The molecule has 27 heavy (non-hydrogen) atoms. The first-order valence-corrected chi connectivity index (χ1v) is 8.93. The smallest absolute Gasteiger partial charge is 0.275 e. The van der Waals surface area contributed by atoms with E-state index in [1.807, 2.05) is 30.3 Å². The first-order valence-electron chi connectivity index (χ1n) is 8.93. The Kier molecular flexibility index (Phi) is 4.62. The number of benzene rings is 1. The second-order valence-corrected chi connectivity index (χ2v) is 6.74. The molecule has 8 heteroatoms. The van der Waals surface area contributed by atoms with Gasteiger partial charge in [-0.1, -0.05) is 30.3 Å². The molecule has 0 saturated carbocycles. The summed E-state index contributed by atoms with van der Waals surface area (Å²) < 4.78 is 4.87. The molecule has 3 amide bonds. The highest BCUT2D eigenvalue weighted by Crippen LogP contribution is 2.21. The van der Waals surface area contributed by atoms with Crippen LogP contribution in [0, 0.1) is 0 Å². The molecule has 1 atom stereocenters. The maximum atomic E-state index is 13.0. The van der Waals surface area contributed by atoms with E-state index >= 15 is 0 Å². The number of carbonyl (C=O) groups is 3. The fourth-order valence-corrected chi connectivity index (χ4v) is 3.65. The van der Waals surface area contributed by atoms with Gasteiger partial charge in [0.2, 0.25) is 11.8 Å². The third-order valence-corrected chi connectivity index (χ3v) is 5.06. The van der Waals surface area contributed by atoms with Crippen LogP contribution in [0.5, 0.6) is 0 Å². The predicted octanol–water partition coefficient (Wildman–Crippen LogP) is 0.760. The summed E-state index contributed by atoms with van der Waals surface area (Å²) in [4.78, 5) is 46.8. The monoisotopic (exact) mass is 368 g/mol. The topological polar surface area (TPSA) is 87.0 Å². The maximum absolute atomic E-state index is 13.0. The van der Waals surface area contributed by atoms with E-state index in [-0.39, 0.29) is 30.0 Å². The number of nitrogens with zero attached hydrogens (tertiary/aromatic N) is 4. The van der Waals surface area contributed by atoms with Gasteiger partial charge >= 0.3 is 0 Å². The quantitative estimate of drug-likeness (QED) is 0.798. The molecule has 2 fully saturated rings. The number of hydrogen-bond acceptors (Lipinski definition) is 5. The van der Waals surface area contributed by atoms with Crippen molar-refractivity contribution in [2.24, 2.45) is 0 Å². The van der Waals surface area contributed by atoms with Crippen LogP contribution in [-0.4, -0.2) is 69.6 Å². The SMILES string of the molecule is O=C(c1cocn1)N1CCC2C(=O)N(Cc3ccccc3)CC(=O)N2CC1. The summed E-state index contributed by atoms with van der Waals surface area (Å²) in [5.41, 5.74) is 1.22. The number of piperazine rings is 1. The van der Waals surface area contributed by atoms with Crippen LogP contribution in [0.2, 0.25) is 0 Å². The molecule has 2 aliphatic heterocycles. The molecule has 1 aromatic heterocycles. The van der Waals surface area contributed by atoms with E-state index in [0.717, 1.165) is 5.56 Å². The lowest BCUT2D eigenvalue weighted by Crippen LogP contribution is -2.59. The van der Waals surface area contributed by atoms with Gasteiger partial charge in [-0.25, -0.2) is 4.98 Å². The Bertz CT molecular complexity index is 837. The highest BCUT2D eigenvalue weighted by molar-refractivity contribution is 5.95. The van der Waals surface area contributed by atoms with Crippen molar-refractivity contribution >= 4 is 17.7 Å². The minimum Gasteiger partial charge on any atom is -0.451 e. The Morgan fingerprint density at radius 1 is 1.15 bits per heavy atom. The molecule has 2 aromatic rings. The molecule has 0 bridgehead atoms. The van der Waals surface area contributed by atoms with Crippen LogP contribution in [0.4, 0.5) is 0 Å². The Labute approximate surface area is 156 Å². The van der Waals surface area contributed by atoms with Gasteiger partial charge in [0.05, 0.1) is 0 Å². The summed E-state index contributed by atoms with van der Waals surface area (Å²) in [6.45, 7) is 1.60. The van der Waals surface area contributed by atoms with E-state index in [1.54, 1.807) is 14.7 Å². The molecular formula is C19H20N4O4. The van der Waals surface area contributed by atoms with Gasteiger partial charge in [0.25, 0.3) is 5.91 Å². The second-order valence-electron chi connectivity index (χ2n) is 6.74. The van der Waals surface area contributed by atoms with Crippen LogP contribution >= 0.6 is 0 Å². The zero-order valence-corrected chi connectivity index (χ0v) is 14.8. The first kappa shape index (κ1) is 17.3. The van der Waals surface area contributed by atoms with Gasteiger partial charge < -0.3 is 19.1 Å². The Balaban J connectivity index is 1.48. The van der Waals surface area contributed by atoms with Crippen LogP contribution in [0.3, 0.4) is 0 Å².